The third-order valence-electron chi connectivity index (χ3n) is 3.90. The van der Waals surface area contributed by atoms with Crippen molar-refractivity contribution in [2.24, 2.45) is 11.1 Å². The fourth-order valence-electron chi connectivity index (χ4n) is 2.25. The van der Waals surface area contributed by atoms with Gasteiger partial charge >= 0.3 is 0 Å². The first-order valence-electron chi connectivity index (χ1n) is 6.65. The fourth-order valence-corrected chi connectivity index (χ4v) is 2.25. The molecule has 0 atom stereocenters. The lowest BCUT2D eigenvalue weighted by Gasteiger charge is -2.23. The predicted octanol–water partition coefficient (Wildman–Crippen LogP) is 1.43. The normalized spacial score (nSPS) is 15.9. The first-order chi connectivity index (χ1) is 9.08. The Morgan fingerprint density at radius 1 is 1.37 bits per heavy atom. The highest BCUT2D eigenvalue weighted by atomic mass is 16.5. The highest BCUT2D eigenvalue weighted by Gasteiger charge is 2.42. The van der Waals surface area contributed by atoms with Gasteiger partial charge in [-0.3, -0.25) is 4.79 Å². The Kier molecular flexibility index (Phi) is 4.10. The van der Waals surface area contributed by atoms with E-state index in [2.05, 4.69) is 0 Å². The monoisotopic (exact) mass is 262 g/mol. The molecule has 4 nitrogen and oxygen atoms in total. The largest absolute Gasteiger partial charge is 0.497 e. The van der Waals surface area contributed by atoms with Crippen LogP contribution in [0.2, 0.25) is 0 Å². The summed E-state index contributed by atoms with van der Waals surface area (Å²) in [6, 6.07) is 7.62. The Morgan fingerprint density at radius 3 is 2.47 bits per heavy atom. The first-order valence-corrected chi connectivity index (χ1v) is 6.65. The van der Waals surface area contributed by atoms with Gasteiger partial charge in [0.15, 0.2) is 0 Å². The minimum Gasteiger partial charge on any atom is -0.497 e. The molecule has 0 aliphatic heterocycles. The summed E-state index contributed by atoms with van der Waals surface area (Å²) in [5.74, 6) is 0.953. The molecule has 2 rings (SSSR count). The molecule has 0 radical (unpaired) electrons. The lowest BCUT2D eigenvalue weighted by Crippen LogP contribution is -2.36. The van der Waals surface area contributed by atoms with Gasteiger partial charge in [0, 0.05) is 19.0 Å². The second-order valence-electron chi connectivity index (χ2n) is 5.48. The molecular weight excluding hydrogens is 240 g/mol. The quantitative estimate of drug-likeness (QED) is 0.844. The van der Waals surface area contributed by atoms with Gasteiger partial charge in [0.1, 0.15) is 5.75 Å². The van der Waals surface area contributed by atoms with E-state index >= 15 is 0 Å². The summed E-state index contributed by atoms with van der Waals surface area (Å²) >= 11 is 0. The zero-order valence-electron chi connectivity index (χ0n) is 11.7. The van der Waals surface area contributed by atoms with Crippen LogP contribution in [0.1, 0.15) is 18.4 Å². The third kappa shape index (κ3) is 3.47. The van der Waals surface area contributed by atoms with E-state index in [0.717, 1.165) is 30.7 Å². The lowest BCUT2D eigenvalue weighted by molar-refractivity contribution is -0.129. The average molecular weight is 262 g/mol. The first kappa shape index (κ1) is 13.9. The molecule has 1 aliphatic carbocycles. The summed E-state index contributed by atoms with van der Waals surface area (Å²) in [6.45, 7) is 1.45. The van der Waals surface area contributed by atoms with E-state index in [9.17, 15) is 4.79 Å². The highest BCUT2D eigenvalue weighted by molar-refractivity contribution is 5.78. The molecule has 1 aromatic rings. The van der Waals surface area contributed by atoms with Crippen molar-refractivity contribution in [3.63, 3.8) is 0 Å². The molecule has 0 aromatic heterocycles. The number of nitrogens with zero attached hydrogens (tertiary/aromatic N) is 1. The van der Waals surface area contributed by atoms with Crippen LogP contribution in [0.15, 0.2) is 24.3 Å². The van der Waals surface area contributed by atoms with E-state index in [1.54, 1.807) is 7.11 Å². The molecule has 1 fully saturated rings. The average Bonchev–Trinajstić information content (AvgIpc) is 3.20. The van der Waals surface area contributed by atoms with Crippen molar-refractivity contribution in [1.29, 1.82) is 0 Å². The number of nitrogens with two attached hydrogens (primary N) is 1. The number of hydrogen-bond donors (Lipinski definition) is 1. The van der Waals surface area contributed by atoms with E-state index in [1.165, 1.54) is 0 Å². The maximum absolute atomic E-state index is 12.1. The topological polar surface area (TPSA) is 55.6 Å². The summed E-state index contributed by atoms with van der Waals surface area (Å²) < 4.78 is 5.10. The Balaban J connectivity index is 1.88. The zero-order chi connectivity index (χ0) is 13.9. The maximum Gasteiger partial charge on any atom is 0.226 e. The molecule has 0 heterocycles. The van der Waals surface area contributed by atoms with Crippen molar-refractivity contribution in [3.05, 3.63) is 29.8 Å². The molecule has 0 unspecified atom stereocenters. The molecule has 4 heteroatoms. The summed E-state index contributed by atoms with van der Waals surface area (Å²) in [6.07, 6.45) is 2.72. The summed E-state index contributed by atoms with van der Waals surface area (Å²) in [5, 5.41) is 0. The molecular formula is C15H22N2O2. The van der Waals surface area contributed by atoms with Gasteiger partial charge in [-0.2, -0.15) is 0 Å². The van der Waals surface area contributed by atoms with Crippen LogP contribution in [0, 0.1) is 5.41 Å². The van der Waals surface area contributed by atoms with Crippen molar-refractivity contribution >= 4 is 5.91 Å². The Morgan fingerprint density at radius 2 is 2.00 bits per heavy atom. The van der Waals surface area contributed by atoms with Crippen LogP contribution in [-0.2, 0) is 11.2 Å². The van der Waals surface area contributed by atoms with Crippen LogP contribution in [0.3, 0.4) is 0 Å². The van der Waals surface area contributed by atoms with Crippen LogP contribution in [0.5, 0.6) is 5.75 Å². The third-order valence-corrected chi connectivity index (χ3v) is 3.90. The Hall–Kier alpha value is -1.55. The van der Waals surface area contributed by atoms with Crippen molar-refractivity contribution in [2.75, 3.05) is 27.2 Å². The van der Waals surface area contributed by atoms with Gasteiger partial charge in [0.2, 0.25) is 5.91 Å². The summed E-state index contributed by atoms with van der Waals surface area (Å²) in [7, 11) is 3.50. The van der Waals surface area contributed by atoms with E-state index < -0.39 is 0 Å². The highest BCUT2D eigenvalue weighted by Crippen LogP contribution is 2.44. The molecule has 1 saturated carbocycles. The molecule has 1 amide bonds. The van der Waals surface area contributed by atoms with Gasteiger partial charge in [-0.25, -0.2) is 0 Å². The molecule has 0 saturated heterocycles. The smallest absolute Gasteiger partial charge is 0.226 e. The zero-order valence-corrected chi connectivity index (χ0v) is 11.7. The van der Waals surface area contributed by atoms with E-state index in [0.29, 0.717) is 13.0 Å². The number of rotatable bonds is 6. The van der Waals surface area contributed by atoms with Crippen molar-refractivity contribution in [2.45, 2.75) is 19.3 Å². The minimum atomic E-state index is 0.143. The number of benzene rings is 1. The van der Waals surface area contributed by atoms with Gasteiger partial charge in [0.05, 0.1) is 13.5 Å². The predicted molar refractivity (Wildman–Crippen MR) is 75.1 cm³/mol. The van der Waals surface area contributed by atoms with Crippen molar-refractivity contribution in [1.82, 2.24) is 4.90 Å². The second-order valence-corrected chi connectivity index (χ2v) is 5.48. The van der Waals surface area contributed by atoms with Gasteiger partial charge in [-0.1, -0.05) is 12.1 Å². The van der Waals surface area contributed by atoms with Gasteiger partial charge < -0.3 is 15.4 Å². The molecule has 1 aromatic carbocycles. The van der Waals surface area contributed by atoms with E-state index in [-0.39, 0.29) is 11.3 Å². The number of carbonyl (C=O) groups excluding carboxylic acids is 1. The fraction of sp³-hybridized carbons (Fsp3) is 0.533. The number of ether oxygens (including phenoxy) is 1. The van der Waals surface area contributed by atoms with E-state index in [1.807, 2.05) is 36.2 Å². The van der Waals surface area contributed by atoms with Crippen molar-refractivity contribution in [3.8, 4) is 5.75 Å². The molecule has 19 heavy (non-hydrogen) atoms. The number of hydrogen-bond acceptors (Lipinski definition) is 3. The van der Waals surface area contributed by atoms with Gasteiger partial charge in [-0.15, -0.1) is 0 Å². The number of methoxy groups -OCH3 is 1. The molecule has 0 bridgehead atoms. The lowest BCUT2D eigenvalue weighted by atomic mass is 10.1. The number of amides is 1. The number of carbonyl (C=O) groups is 1. The Bertz CT molecular complexity index is 438. The maximum atomic E-state index is 12.1. The summed E-state index contributed by atoms with van der Waals surface area (Å²) in [4.78, 5) is 14.0. The minimum absolute atomic E-state index is 0.143. The molecule has 104 valence electrons. The van der Waals surface area contributed by atoms with Crippen LogP contribution >= 0.6 is 0 Å². The second kappa shape index (κ2) is 5.61. The van der Waals surface area contributed by atoms with Gasteiger partial charge in [-0.05, 0) is 37.1 Å². The number of likely N-dealkylation sites (N-methyl/N-ethyl adjacent to an activating group) is 1. The summed E-state index contributed by atoms with van der Waals surface area (Å²) in [5.41, 5.74) is 6.96. The van der Waals surface area contributed by atoms with Crippen molar-refractivity contribution < 1.29 is 9.53 Å². The Labute approximate surface area is 114 Å². The SMILES string of the molecule is COc1ccc(CC(=O)N(C)CC2(CN)CC2)cc1. The van der Waals surface area contributed by atoms with Crippen LogP contribution < -0.4 is 10.5 Å². The van der Waals surface area contributed by atoms with Crippen LogP contribution in [-0.4, -0.2) is 38.1 Å². The van der Waals surface area contributed by atoms with Gasteiger partial charge in [0.25, 0.3) is 0 Å². The molecule has 2 N–H and O–H groups in total. The van der Waals surface area contributed by atoms with Crippen LogP contribution in [0.4, 0.5) is 0 Å². The van der Waals surface area contributed by atoms with E-state index in [4.69, 9.17) is 10.5 Å². The van der Waals surface area contributed by atoms with Crippen LogP contribution in [0.25, 0.3) is 0 Å². The molecule has 0 spiro atoms. The standard InChI is InChI=1S/C15H22N2O2/c1-17(11-15(10-16)7-8-15)14(18)9-12-3-5-13(19-2)6-4-12/h3-6H,7-11,16H2,1-2H3. The molecule has 1 aliphatic rings.